The maximum absolute atomic E-state index is 12.7. The first-order valence-electron chi connectivity index (χ1n) is 8.64. The van der Waals surface area contributed by atoms with E-state index in [-0.39, 0.29) is 5.92 Å². The van der Waals surface area contributed by atoms with Crippen LogP contribution in [0, 0.1) is 29.6 Å². The van der Waals surface area contributed by atoms with Gasteiger partial charge in [-0.15, -0.1) is 0 Å². The van der Waals surface area contributed by atoms with E-state index in [2.05, 4.69) is 0 Å². The number of hydrogen-bond donors (Lipinski definition) is 1. The fourth-order valence-electron chi connectivity index (χ4n) is 5.14. The first-order chi connectivity index (χ1) is 9.69. The van der Waals surface area contributed by atoms with Crippen LogP contribution in [-0.2, 0) is 4.79 Å². The fraction of sp³-hybridized carbons (Fsp3) is 0.941. The van der Waals surface area contributed by atoms with Gasteiger partial charge in [0, 0.05) is 19.5 Å². The Kier molecular flexibility index (Phi) is 4.34. The molecule has 3 heteroatoms. The number of carbonyl (C=O) groups excluding carboxylic acids is 1. The van der Waals surface area contributed by atoms with Crippen molar-refractivity contribution in [2.75, 3.05) is 20.1 Å². The molecule has 0 heterocycles. The van der Waals surface area contributed by atoms with E-state index in [4.69, 9.17) is 5.73 Å². The molecule has 3 saturated carbocycles. The minimum atomic E-state index is 0.206. The molecule has 20 heavy (non-hydrogen) atoms. The summed E-state index contributed by atoms with van der Waals surface area (Å²) in [5.74, 6) is 3.67. The number of fused-ring (bicyclic) bond motifs is 2. The zero-order valence-electron chi connectivity index (χ0n) is 12.9. The molecule has 3 rings (SSSR count). The second-order valence-corrected chi connectivity index (χ2v) is 7.54. The number of nitrogens with zero attached hydrogens (tertiary/aromatic N) is 1. The van der Waals surface area contributed by atoms with Crippen LogP contribution in [0.15, 0.2) is 0 Å². The van der Waals surface area contributed by atoms with Gasteiger partial charge < -0.3 is 10.6 Å². The molecule has 0 aromatic heterocycles. The molecule has 1 amide bonds. The van der Waals surface area contributed by atoms with Crippen LogP contribution in [0.4, 0.5) is 0 Å². The topological polar surface area (TPSA) is 46.3 Å². The Morgan fingerprint density at radius 3 is 2.55 bits per heavy atom. The minimum Gasteiger partial charge on any atom is -0.345 e. The van der Waals surface area contributed by atoms with Crippen LogP contribution in [-0.4, -0.2) is 30.9 Å². The lowest BCUT2D eigenvalue weighted by molar-refractivity contribution is -0.137. The van der Waals surface area contributed by atoms with E-state index in [9.17, 15) is 4.79 Å². The van der Waals surface area contributed by atoms with Crippen molar-refractivity contribution in [3.8, 4) is 0 Å². The SMILES string of the molecule is CN(CC1CC2CCC1C2)C(=O)C1CCCCC1CN. The maximum atomic E-state index is 12.7. The minimum absolute atomic E-state index is 0.206. The highest BCUT2D eigenvalue weighted by molar-refractivity contribution is 5.79. The third-order valence-electron chi connectivity index (χ3n) is 6.30. The van der Waals surface area contributed by atoms with Crippen molar-refractivity contribution < 1.29 is 4.79 Å². The van der Waals surface area contributed by atoms with Crippen LogP contribution >= 0.6 is 0 Å². The summed E-state index contributed by atoms with van der Waals surface area (Å²) in [7, 11) is 2.02. The Morgan fingerprint density at radius 2 is 1.90 bits per heavy atom. The molecule has 0 aromatic carbocycles. The van der Waals surface area contributed by atoms with Crippen molar-refractivity contribution in [2.45, 2.75) is 51.4 Å². The predicted molar refractivity (Wildman–Crippen MR) is 81.1 cm³/mol. The summed E-state index contributed by atoms with van der Waals surface area (Å²) in [6.07, 6.45) is 10.3. The van der Waals surface area contributed by atoms with E-state index < -0.39 is 0 Å². The van der Waals surface area contributed by atoms with E-state index >= 15 is 0 Å². The molecule has 0 aliphatic heterocycles. The zero-order valence-corrected chi connectivity index (χ0v) is 12.9. The van der Waals surface area contributed by atoms with Gasteiger partial charge in [-0.05, 0) is 62.3 Å². The van der Waals surface area contributed by atoms with E-state index in [1.54, 1.807) is 0 Å². The standard InChI is InChI=1S/C17H30N2O/c1-19(11-15-9-12-6-7-13(15)8-12)17(20)16-5-3-2-4-14(16)10-18/h12-16H,2-11,18H2,1H3. The third-order valence-corrected chi connectivity index (χ3v) is 6.30. The van der Waals surface area contributed by atoms with E-state index in [0.29, 0.717) is 18.4 Å². The van der Waals surface area contributed by atoms with Gasteiger partial charge in [-0.2, -0.15) is 0 Å². The molecule has 0 radical (unpaired) electrons. The highest BCUT2D eigenvalue weighted by atomic mass is 16.2. The molecule has 3 fully saturated rings. The summed E-state index contributed by atoms with van der Waals surface area (Å²) in [5, 5.41) is 0. The van der Waals surface area contributed by atoms with Gasteiger partial charge in [-0.1, -0.05) is 19.3 Å². The van der Waals surface area contributed by atoms with Crippen LogP contribution in [0.25, 0.3) is 0 Å². The normalized spacial score (nSPS) is 40.0. The molecule has 0 aromatic rings. The van der Waals surface area contributed by atoms with Crippen molar-refractivity contribution in [1.82, 2.24) is 4.90 Å². The van der Waals surface area contributed by atoms with Crippen molar-refractivity contribution >= 4 is 5.91 Å². The molecule has 5 unspecified atom stereocenters. The van der Waals surface area contributed by atoms with Gasteiger partial charge in [0.05, 0.1) is 0 Å². The summed E-state index contributed by atoms with van der Waals surface area (Å²) in [6.45, 7) is 1.67. The molecule has 2 bridgehead atoms. The quantitative estimate of drug-likeness (QED) is 0.859. The van der Waals surface area contributed by atoms with Gasteiger partial charge in [0.25, 0.3) is 0 Å². The molecule has 3 aliphatic rings. The van der Waals surface area contributed by atoms with Crippen molar-refractivity contribution in [1.29, 1.82) is 0 Å². The van der Waals surface area contributed by atoms with Gasteiger partial charge in [0.1, 0.15) is 0 Å². The molecular weight excluding hydrogens is 248 g/mol. The lowest BCUT2D eigenvalue weighted by atomic mass is 9.78. The van der Waals surface area contributed by atoms with E-state index in [1.807, 2.05) is 11.9 Å². The number of carbonyl (C=O) groups is 1. The Morgan fingerprint density at radius 1 is 1.10 bits per heavy atom. The number of rotatable bonds is 4. The zero-order chi connectivity index (χ0) is 14.1. The lowest BCUT2D eigenvalue weighted by Gasteiger charge is -2.34. The average Bonchev–Trinajstić information content (AvgIpc) is 3.09. The smallest absolute Gasteiger partial charge is 0.225 e. The van der Waals surface area contributed by atoms with E-state index in [1.165, 1.54) is 38.5 Å². The average molecular weight is 278 g/mol. The first kappa shape index (κ1) is 14.4. The molecule has 0 spiro atoms. The molecule has 114 valence electrons. The van der Waals surface area contributed by atoms with Crippen LogP contribution in [0.1, 0.15) is 51.4 Å². The van der Waals surface area contributed by atoms with Gasteiger partial charge in [0.2, 0.25) is 5.91 Å². The second kappa shape index (κ2) is 6.05. The van der Waals surface area contributed by atoms with Gasteiger partial charge in [-0.3, -0.25) is 4.79 Å². The highest BCUT2D eigenvalue weighted by Gasteiger charge is 2.41. The molecule has 0 saturated heterocycles. The predicted octanol–water partition coefficient (Wildman–Crippen LogP) is 2.65. The fourth-order valence-corrected chi connectivity index (χ4v) is 5.14. The van der Waals surface area contributed by atoms with Crippen molar-refractivity contribution in [3.63, 3.8) is 0 Å². The molecule has 2 N–H and O–H groups in total. The summed E-state index contributed by atoms with van der Waals surface area (Å²) in [5.41, 5.74) is 5.87. The van der Waals surface area contributed by atoms with Crippen LogP contribution in [0.5, 0.6) is 0 Å². The summed E-state index contributed by atoms with van der Waals surface area (Å²) in [4.78, 5) is 14.8. The molecule has 3 aliphatic carbocycles. The Bertz CT molecular complexity index is 357. The molecular formula is C17H30N2O. The third kappa shape index (κ3) is 2.74. The maximum Gasteiger partial charge on any atom is 0.225 e. The Hall–Kier alpha value is -0.570. The van der Waals surface area contributed by atoms with Crippen molar-refractivity contribution in [3.05, 3.63) is 0 Å². The Balaban J connectivity index is 1.56. The van der Waals surface area contributed by atoms with Crippen LogP contribution < -0.4 is 5.73 Å². The van der Waals surface area contributed by atoms with Crippen LogP contribution in [0.3, 0.4) is 0 Å². The summed E-state index contributed by atoms with van der Waals surface area (Å²) < 4.78 is 0. The number of hydrogen-bond acceptors (Lipinski definition) is 2. The second-order valence-electron chi connectivity index (χ2n) is 7.54. The lowest BCUT2D eigenvalue weighted by Crippen LogP contribution is -2.42. The summed E-state index contributed by atoms with van der Waals surface area (Å²) >= 11 is 0. The van der Waals surface area contributed by atoms with Crippen LogP contribution in [0.2, 0.25) is 0 Å². The number of amides is 1. The largest absolute Gasteiger partial charge is 0.345 e. The first-order valence-corrected chi connectivity index (χ1v) is 8.64. The highest BCUT2D eigenvalue weighted by Crippen LogP contribution is 2.48. The Labute approximate surface area is 123 Å². The van der Waals surface area contributed by atoms with Gasteiger partial charge in [-0.25, -0.2) is 0 Å². The molecule has 3 nitrogen and oxygen atoms in total. The van der Waals surface area contributed by atoms with E-state index in [0.717, 1.165) is 37.1 Å². The van der Waals surface area contributed by atoms with Gasteiger partial charge >= 0.3 is 0 Å². The summed E-state index contributed by atoms with van der Waals surface area (Å²) in [6, 6.07) is 0. The monoisotopic (exact) mass is 278 g/mol. The number of nitrogens with two attached hydrogens (primary N) is 1. The van der Waals surface area contributed by atoms with Gasteiger partial charge in [0.15, 0.2) is 0 Å². The van der Waals surface area contributed by atoms with Crippen molar-refractivity contribution in [2.24, 2.45) is 35.3 Å². The molecule has 5 atom stereocenters.